The summed E-state index contributed by atoms with van der Waals surface area (Å²) in [6.07, 6.45) is 6.90. The second-order valence-electron chi connectivity index (χ2n) is 3.06. The van der Waals surface area contributed by atoms with Crippen LogP contribution >= 0.6 is 0 Å². The largest absolute Gasteiger partial charge is 0.0995 e. The number of allylic oxidation sites excluding steroid dienone is 1. The first kappa shape index (κ1) is 6.85. The van der Waals surface area contributed by atoms with Crippen LogP contribution in [-0.4, -0.2) is 0 Å². The van der Waals surface area contributed by atoms with E-state index in [2.05, 4.69) is 13.5 Å². The van der Waals surface area contributed by atoms with Gasteiger partial charge in [0.2, 0.25) is 0 Å². The Bertz CT molecular complexity index is 103. The maximum Gasteiger partial charge on any atom is -0.0168 e. The molecule has 0 nitrogen and oxygen atoms in total. The van der Waals surface area contributed by atoms with Crippen molar-refractivity contribution in [3.05, 3.63) is 12.2 Å². The molecule has 1 unspecified atom stereocenters. The summed E-state index contributed by atoms with van der Waals surface area (Å²) in [5, 5.41) is 0. The van der Waals surface area contributed by atoms with Crippen LogP contribution in [0, 0.1) is 5.92 Å². The Balaban J connectivity index is 1.88. The molecule has 0 spiro atoms. The van der Waals surface area contributed by atoms with E-state index in [9.17, 15) is 0 Å². The van der Waals surface area contributed by atoms with E-state index in [4.69, 9.17) is 0 Å². The quantitative estimate of drug-likeness (QED) is 0.399. The Hall–Kier alpha value is -0.260. The first-order chi connectivity index (χ1) is 4.34. The summed E-state index contributed by atoms with van der Waals surface area (Å²) in [7, 11) is 0. The average molecular weight is 124 g/mol. The molecule has 0 aromatic carbocycles. The molecule has 0 saturated heterocycles. The Labute approximate surface area is 58.0 Å². The predicted octanol–water partition coefficient (Wildman–Crippen LogP) is 3.14. The molecule has 1 fully saturated rings. The number of hydrogen-bond acceptors (Lipinski definition) is 0. The third-order valence-electron chi connectivity index (χ3n) is 2.08. The lowest BCUT2D eigenvalue weighted by atomic mass is 10.1. The molecule has 1 saturated carbocycles. The smallest absolute Gasteiger partial charge is 0.0168 e. The fraction of sp³-hybridized carbons (Fsp3) is 0.778. The van der Waals surface area contributed by atoms with Gasteiger partial charge in [0, 0.05) is 0 Å². The summed E-state index contributed by atoms with van der Waals surface area (Å²) in [5.74, 6) is 0.927. The highest BCUT2D eigenvalue weighted by molar-refractivity contribution is 5.18. The topological polar surface area (TPSA) is 0 Å². The van der Waals surface area contributed by atoms with Crippen LogP contribution in [0.4, 0.5) is 0 Å². The summed E-state index contributed by atoms with van der Waals surface area (Å²) in [6.45, 7) is 6.18. The van der Waals surface area contributed by atoms with Crippen molar-refractivity contribution in [2.75, 3.05) is 0 Å². The third kappa shape index (κ3) is 2.21. The molecule has 0 amide bonds. The number of rotatable bonds is 4. The minimum absolute atomic E-state index is 0.927. The van der Waals surface area contributed by atoms with Crippen molar-refractivity contribution in [3.63, 3.8) is 0 Å². The first-order valence-corrected chi connectivity index (χ1v) is 4.02. The van der Waals surface area contributed by atoms with Gasteiger partial charge in [-0.3, -0.25) is 0 Å². The predicted molar refractivity (Wildman–Crippen MR) is 41.4 cm³/mol. The summed E-state index contributed by atoms with van der Waals surface area (Å²) < 4.78 is 0. The van der Waals surface area contributed by atoms with Gasteiger partial charge in [-0.2, -0.15) is 0 Å². The van der Waals surface area contributed by atoms with Crippen molar-refractivity contribution in [2.24, 2.45) is 5.92 Å². The summed E-state index contributed by atoms with van der Waals surface area (Å²) in [4.78, 5) is 0. The Morgan fingerprint density at radius 3 is 2.67 bits per heavy atom. The van der Waals surface area contributed by atoms with Gasteiger partial charge in [0.1, 0.15) is 0 Å². The molecule has 1 aliphatic rings. The third-order valence-corrected chi connectivity index (χ3v) is 2.08. The van der Waals surface area contributed by atoms with Crippen LogP contribution in [0.2, 0.25) is 0 Å². The molecule has 1 aliphatic carbocycles. The highest BCUT2D eigenvalue weighted by atomic mass is 14.3. The number of unbranched alkanes of at least 4 members (excludes halogenated alkanes) is 2. The monoisotopic (exact) mass is 124 g/mol. The molecule has 1 atom stereocenters. The molecule has 0 heterocycles. The molecule has 0 aromatic rings. The van der Waals surface area contributed by atoms with Crippen LogP contribution < -0.4 is 0 Å². The van der Waals surface area contributed by atoms with Crippen LogP contribution in [0.5, 0.6) is 0 Å². The van der Waals surface area contributed by atoms with E-state index in [1.807, 2.05) is 0 Å². The normalized spacial score (nSPS) is 24.6. The van der Waals surface area contributed by atoms with Gasteiger partial charge >= 0.3 is 0 Å². The van der Waals surface area contributed by atoms with Gasteiger partial charge in [0.25, 0.3) is 0 Å². The van der Waals surface area contributed by atoms with Crippen molar-refractivity contribution < 1.29 is 0 Å². The molecule has 9 heavy (non-hydrogen) atoms. The zero-order chi connectivity index (χ0) is 6.69. The molecular formula is C9H16. The second kappa shape index (κ2) is 3.05. The fourth-order valence-corrected chi connectivity index (χ4v) is 1.20. The summed E-state index contributed by atoms with van der Waals surface area (Å²) in [5.41, 5.74) is 1.49. The van der Waals surface area contributed by atoms with Crippen molar-refractivity contribution in [2.45, 2.75) is 39.0 Å². The zero-order valence-corrected chi connectivity index (χ0v) is 6.32. The average Bonchev–Trinajstić information content (AvgIpc) is 2.48. The lowest BCUT2D eigenvalue weighted by molar-refractivity contribution is 0.631. The lowest BCUT2D eigenvalue weighted by Gasteiger charge is -1.92. The van der Waals surface area contributed by atoms with E-state index >= 15 is 0 Å². The van der Waals surface area contributed by atoms with Crippen LogP contribution in [0.25, 0.3) is 0 Å². The molecule has 0 aromatic heterocycles. The Kier molecular flexibility index (Phi) is 2.32. The van der Waals surface area contributed by atoms with Gasteiger partial charge in [-0.15, -0.1) is 0 Å². The minimum Gasteiger partial charge on any atom is -0.0995 e. The lowest BCUT2D eigenvalue weighted by Crippen LogP contribution is -1.76. The van der Waals surface area contributed by atoms with Gasteiger partial charge in [-0.1, -0.05) is 38.3 Å². The molecule has 0 radical (unpaired) electrons. The van der Waals surface area contributed by atoms with Gasteiger partial charge < -0.3 is 0 Å². The van der Waals surface area contributed by atoms with Crippen LogP contribution in [0.1, 0.15) is 39.0 Å². The number of hydrogen-bond donors (Lipinski definition) is 0. The van der Waals surface area contributed by atoms with Crippen molar-refractivity contribution in [3.8, 4) is 0 Å². The van der Waals surface area contributed by atoms with Gasteiger partial charge in [-0.25, -0.2) is 0 Å². The zero-order valence-electron chi connectivity index (χ0n) is 6.32. The van der Waals surface area contributed by atoms with Crippen LogP contribution in [0.15, 0.2) is 12.2 Å². The molecular weight excluding hydrogens is 108 g/mol. The Morgan fingerprint density at radius 1 is 1.56 bits per heavy atom. The van der Waals surface area contributed by atoms with Crippen molar-refractivity contribution in [1.82, 2.24) is 0 Å². The van der Waals surface area contributed by atoms with E-state index in [0.29, 0.717) is 0 Å². The SMILES string of the molecule is C=C1CC1CCCCC. The van der Waals surface area contributed by atoms with Crippen LogP contribution in [-0.2, 0) is 0 Å². The van der Waals surface area contributed by atoms with Crippen LogP contribution in [0.3, 0.4) is 0 Å². The molecule has 0 heteroatoms. The van der Waals surface area contributed by atoms with Gasteiger partial charge in [0.15, 0.2) is 0 Å². The second-order valence-corrected chi connectivity index (χ2v) is 3.06. The highest BCUT2D eigenvalue weighted by Gasteiger charge is 2.25. The van der Waals surface area contributed by atoms with E-state index < -0.39 is 0 Å². The van der Waals surface area contributed by atoms with E-state index in [-0.39, 0.29) is 0 Å². The van der Waals surface area contributed by atoms with E-state index in [0.717, 1.165) is 5.92 Å². The molecule has 0 bridgehead atoms. The summed E-state index contributed by atoms with van der Waals surface area (Å²) >= 11 is 0. The summed E-state index contributed by atoms with van der Waals surface area (Å²) in [6, 6.07) is 0. The highest BCUT2D eigenvalue weighted by Crippen LogP contribution is 2.39. The standard InChI is InChI=1S/C9H16/c1-3-4-5-6-9-7-8(9)2/h9H,2-7H2,1H3. The van der Waals surface area contributed by atoms with Gasteiger partial charge in [-0.05, 0) is 18.8 Å². The van der Waals surface area contributed by atoms with Gasteiger partial charge in [0.05, 0.1) is 0 Å². The molecule has 1 rings (SSSR count). The fourth-order valence-electron chi connectivity index (χ4n) is 1.20. The maximum atomic E-state index is 3.93. The van der Waals surface area contributed by atoms with E-state index in [1.54, 1.807) is 0 Å². The van der Waals surface area contributed by atoms with Crippen molar-refractivity contribution in [1.29, 1.82) is 0 Å². The molecule has 52 valence electrons. The van der Waals surface area contributed by atoms with E-state index in [1.165, 1.54) is 37.7 Å². The Morgan fingerprint density at radius 2 is 2.22 bits per heavy atom. The maximum absolute atomic E-state index is 3.93. The molecule has 0 N–H and O–H groups in total. The van der Waals surface area contributed by atoms with Crippen molar-refractivity contribution >= 4 is 0 Å². The minimum atomic E-state index is 0.927. The first-order valence-electron chi connectivity index (χ1n) is 4.02. The molecule has 0 aliphatic heterocycles.